The molecule has 0 amide bonds. The number of hydrogen-bond acceptors (Lipinski definition) is 2. The molecule has 0 radical (unpaired) electrons. The van der Waals surface area contributed by atoms with Crippen molar-refractivity contribution in [2.24, 2.45) is 17.3 Å². The predicted octanol–water partition coefficient (Wildman–Crippen LogP) is 3.46. The van der Waals surface area contributed by atoms with Crippen LogP contribution in [0, 0.1) is 17.3 Å². The van der Waals surface area contributed by atoms with Gasteiger partial charge in [0.2, 0.25) is 0 Å². The third kappa shape index (κ3) is 2.69. The monoisotopic (exact) mass is 282 g/mol. The summed E-state index contributed by atoms with van der Waals surface area (Å²) < 4.78 is 57.4. The smallest absolute Gasteiger partial charge is 0.281 e. The molecule has 1 N–H and O–H groups in total. The molecule has 2 fully saturated rings. The van der Waals surface area contributed by atoms with Gasteiger partial charge in [0.25, 0.3) is 0 Å². The van der Waals surface area contributed by atoms with Gasteiger partial charge in [0, 0.05) is 6.42 Å². The molecule has 3 unspecified atom stereocenters. The highest BCUT2D eigenvalue weighted by Crippen LogP contribution is 2.55. The zero-order valence-electron chi connectivity index (χ0n) is 10.5. The normalized spacial score (nSPS) is 37.6. The third-order valence-electron chi connectivity index (χ3n) is 4.52. The second kappa shape index (κ2) is 4.40. The van der Waals surface area contributed by atoms with E-state index in [0.717, 1.165) is 19.3 Å². The fraction of sp³-hybridized carbons (Fsp3) is 1.00. The number of fused-ring (bicyclic) bond motifs is 2. The highest BCUT2D eigenvalue weighted by molar-refractivity contribution is 7.86. The molecule has 106 valence electrons. The minimum absolute atomic E-state index is 0.362. The Labute approximate surface area is 107 Å². The van der Waals surface area contributed by atoms with Crippen LogP contribution in [0.3, 0.4) is 0 Å². The molecule has 0 aliphatic heterocycles. The van der Waals surface area contributed by atoms with Crippen LogP contribution in [0.2, 0.25) is 0 Å². The average Bonchev–Trinajstić information content (AvgIpc) is 2.12. The minimum Gasteiger partial charge on any atom is -0.281 e. The van der Waals surface area contributed by atoms with Crippen molar-refractivity contribution < 1.29 is 21.8 Å². The predicted molar refractivity (Wildman–Crippen MR) is 63.9 cm³/mol. The maximum atomic E-state index is 13.6. The number of alkyl halides is 2. The molecule has 2 saturated carbocycles. The standard InChI is InChI=1S/C12H20F2O3S/c1-9-5-10-3-2-4-11(6-9,7-10)8-12(13,14)18(15,16)17/h9-10H,2-8H2,1H3,(H,15,16,17). The Morgan fingerprint density at radius 3 is 2.67 bits per heavy atom. The largest absolute Gasteiger partial charge is 0.370 e. The van der Waals surface area contributed by atoms with E-state index in [1.807, 2.05) is 6.92 Å². The molecule has 0 aromatic carbocycles. The van der Waals surface area contributed by atoms with E-state index >= 15 is 0 Å². The van der Waals surface area contributed by atoms with Gasteiger partial charge >= 0.3 is 15.4 Å². The second-order valence-electron chi connectivity index (χ2n) is 6.30. The molecule has 0 saturated heterocycles. The Kier molecular flexibility index (Phi) is 3.47. The van der Waals surface area contributed by atoms with Crippen molar-refractivity contribution in [1.82, 2.24) is 0 Å². The number of halogens is 2. The van der Waals surface area contributed by atoms with Crippen LogP contribution >= 0.6 is 0 Å². The first kappa shape index (κ1) is 14.2. The first-order valence-corrected chi connectivity index (χ1v) is 7.92. The molecule has 6 heteroatoms. The van der Waals surface area contributed by atoms with Gasteiger partial charge in [-0.3, -0.25) is 4.55 Å². The summed E-state index contributed by atoms with van der Waals surface area (Å²) in [7, 11) is -5.29. The molecule has 2 bridgehead atoms. The molecule has 0 heterocycles. The van der Waals surface area contributed by atoms with Gasteiger partial charge in [0.15, 0.2) is 0 Å². The van der Waals surface area contributed by atoms with E-state index < -0.39 is 27.2 Å². The number of hydrogen-bond donors (Lipinski definition) is 1. The van der Waals surface area contributed by atoms with E-state index in [1.165, 1.54) is 0 Å². The molecule has 0 aromatic rings. The van der Waals surface area contributed by atoms with Gasteiger partial charge in [0.05, 0.1) is 0 Å². The quantitative estimate of drug-likeness (QED) is 0.806. The summed E-state index contributed by atoms with van der Waals surface area (Å²) >= 11 is 0. The molecule has 3 nitrogen and oxygen atoms in total. The van der Waals surface area contributed by atoms with Gasteiger partial charge in [-0.25, -0.2) is 0 Å². The zero-order valence-corrected chi connectivity index (χ0v) is 11.3. The summed E-state index contributed by atoms with van der Waals surface area (Å²) in [6.07, 6.45) is 4.26. The molecular weight excluding hydrogens is 262 g/mol. The van der Waals surface area contributed by atoms with Crippen molar-refractivity contribution >= 4 is 10.1 Å². The third-order valence-corrected chi connectivity index (χ3v) is 5.42. The maximum absolute atomic E-state index is 13.6. The van der Waals surface area contributed by atoms with Crippen molar-refractivity contribution in [3.8, 4) is 0 Å². The first-order valence-electron chi connectivity index (χ1n) is 6.48. The molecule has 3 atom stereocenters. The SMILES string of the molecule is CC1CC2CCCC(CC(F)(F)S(=O)(=O)O)(C1)C2. The Morgan fingerprint density at radius 1 is 1.39 bits per heavy atom. The molecule has 18 heavy (non-hydrogen) atoms. The van der Waals surface area contributed by atoms with Crippen molar-refractivity contribution in [1.29, 1.82) is 0 Å². The lowest BCUT2D eigenvalue weighted by molar-refractivity contribution is -0.0374. The van der Waals surface area contributed by atoms with E-state index in [-0.39, 0.29) is 0 Å². The maximum Gasteiger partial charge on any atom is 0.370 e. The summed E-state index contributed by atoms with van der Waals surface area (Å²) in [5.74, 6) is 0.806. The van der Waals surface area contributed by atoms with Crippen LogP contribution in [0.1, 0.15) is 51.9 Å². The second-order valence-corrected chi connectivity index (χ2v) is 7.84. The lowest BCUT2D eigenvalue weighted by Gasteiger charge is -2.48. The average molecular weight is 282 g/mol. The molecular formula is C12H20F2O3S. The Balaban J connectivity index is 2.20. The van der Waals surface area contributed by atoms with Gasteiger partial charge in [-0.05, 0) is 42.9 Å². The van der Waals surface area contributed by atoms with Gasteiger partial charge in [-0.2, -0.15) is 17.2 Å². The highest BCUT2D eigenvalue weighted by Gasteiger charge is 2.53. The van der Waals surface area contributed by atoms with Crippen molar-refractivity contribution in [2.45, 2.75) is 57.1 Å². The van der Waals surface area contributed by atoms with Gasteiger partial charge < -0.3 is 0 Å². The minimum atomic E-state index is -5.29. The van der Waals surface area contributed by atoms with Crippen LogP contribution in [0.4, 0.5) is 8.78 Å². The van der Waals surface area contributed by atoms with Gasteiger partial charge in [-0.1, -0.05) is 19.8 Å². The van der Waals surface area contributed by atoms with E-state index in [9.17, 15) is 17.2 Å². The topological polar surface area (TPSA) is 54.4 Å². The van der Waals surface area contributed by atoms with Crippen LogP contribution in [0.5, 0.6) is 0 Å². The molecule has 2 rings (SSSR count). The first-order chi connectivity index (χ1) is 8.14. The summed E-state index contributed by atoms with van der Waals surface area (Å²) in [5.41, 5.74) is -0.597. The lowest BCUT2D eigenvalue weighted by Crippen LogP contribution is -2.43. The summed E-state index contributed by atoms with van der Waals surface area (Å²) in [6, 6.07) is 0. The Bertz CT molecular complexity index is 417. The van der Waals surface area contributed by atoms with Crippen LogP contribution in [-0.2, 0) is 10.1 Å². The van der Waals surface area contributed by atoms with Gasteiger partial charge in [0.1, 0.15) is 0 Å². The van der Waals surface area contributed by atoms with Gasteiger partial charge in [-0.15, -0.1) is 0 Å². The zero-order chi connectivity index (χ0) is 13.6. The number of rotatable bonds is 3. The summed E-state index contributed by atoms with van der Waals surface area (Å²) in [4.78, 5) is 0. The molecule has 2 aliphatic rings. The van der Waals surface area contributed by atoms with Crippen molar-refractivity contribution in [3.63, 3.8) is 0 Å². The summed E-state index contributed by atoms with van der Waals surface area (Å²) in [5, 5.41) is -4.01. The fourth-order valence-corrected chi connectivity index (χ4v) is 4.61. The fourth-order valence-electron chi connectivity index (χ4n) is 4.12. The van der Waals surface area contributed by atoms with Crippen LogP contribution in [0.15, 0.2) is 0 Å². The van der Waals surface area contributed by atoms with E-state index in [1.54, 1.807) is 0 Å². The molecule has 0 aromatic heterocycles. The Hall–Kier alpha value is -0.230. The van der Waals surface area contributed by atoms with Crippen LogP contribution < -0.4 is 0 Å². The van der Waals surface area contributed by atoms with Crippen LogP contribution in [-0.4, -0.2) is 18.2 Å². The van der Waals surface area contributed by atoms with Crippen molar-refractivity contribution in [2.75, 3.05) is 0 Å². The highest BCUT2D eigenvalue weighted by atomic mass is 32.2. The van der Waals surface area contributed by atoms with Crippen molar-refractivity contribution in [3.05, 3.63) is 0 Å². The Morgan fingerprint density at radius 2 is 2.06 bits per heavy atom. The molecule has 2 aliphatic carbocycles. The summed E-state index contributed by atoms with van der Waals surface area (Å²) in [6.45, 7) is 2.04. The van der Waals surface area contributed by atoms with E-state index in [0.29, 0.717) is 31.1 Å². The van der Waals surface area contributed by atoms with E-state index in [4.69, 9.17) is 4.55 Å². The lowest BCUT2D eigenvalue weighted by atomic mass is 9.58. The molecule has 0 spiro atoms. The van der Waals surface area contributed by atoms with Crippen LogP contribution in [0.25, 0.3) is 0 Å². The van der Waals surface area contributed by atoms with E-state index in [2.05, 4.69) is 0 Å².